The lowest BCUT2D eigenvalue weighted by molar-refractivity contribution is 0.116. The predicted molar refractivity (Wildman–Crippen MR) is 43.3 cm³/mol. The molecule has 0 amide bonds. The van der Waals surface area contributed by atoms with Gasteiger partial charge < -0.3 is 9.72 Å². The maximum absolute atomic E-state index is 5.29. The molecule has 1 aromatic rings. The van der Waals surface area contributed by atoms with Crippen molar-refractivity contribution in [2.24, 2.45) is 0 Å². The first-order chi connectivity index (χ1) is 5.33. The van der Waals surface area contributed by atoms with Crippen molar-refractivity contribution in [2.75, 3.05) is 6.61 Å². The topological polar surface area (TPSA) is 37.9 Å². The maximum Gasteiger partial charge on any atom is 0.132 e. The molecule has 3 nitrogen and oxygen atoms in total. The van der Waals surface area contributed by atoms with E-state index in [9.17, 15) is 0 Å². The van der Waals surface area contributed by atoms with Gasteiger partial charge in [0.15, 0.2) is 0 Å². The summed E-state index contributed by atoms with van der Waals surface area (Å²) < 4.78 is 5.29. The summed E-state index contributed by atoms with van der Waals surface area (Å²) in [4.78, 5) is 7.21. The SMILES string of the molecule is CCCOCc1ncc(C)[nH]1. The molecule has 1 N–H and O–H groups in total. The van der Waals surface area contributed by atoms with Crippen LogP contribution in [0.2, 0.25) is 0 Å². The lowest BCUT2D eigenvalue weighted by atomic mass is 10.5. The van der Waals surface area contributed by atoms with E-state index in [0.29, 0.717) is 6.61 Å². The van der Waals surface area contributed by atoms with Crippen molar-refractivity contribution in [3.63, 3.8) is 0 Å². The Hall–Kier alpha value is -0.830. The Balaban J connectivity index is 2.27. The zero-order chi connectivity index (χ0) is 8.10. The third-order valence-electron chi connectivity index (χ3n) is 1.34. The number of aromatic amines is 1. The molecule has 1 heterocycles. The van der Waals surface area contributed by atoms with E-state index in [-0.39, 0.29) is 0 Å². The number of nitrogens with zero attached hydrogens (tertiary/aromatic N) is 1. The van der Waals surface area contributed by atoms with Crippen molar-refractivity contribution in [1.82, 2.24) is 9.97 Å². The average molecular weight is 154 g/mol. The molecule has 0 radical (unpaired) electrons. The largest absolute Gasteiger partial charge is 0.374 e. The summed E-state index contributed by atoms with van der Waals surface area (Å²) in [7, 11) is 0. The first-order valence-corrected chi connectivity index (χ1v) is 3.91. The maximum atomic E-state index is 5.29. The van der Waals surface area contributed by atoms with E-state index in [1.807, 2.05) is 13.1 Å². The molecule has 1 rings (SSSR count). The number of imidazole rings is 1. The van der Waals surface area contributed by atoms with Gasteiger partial charge in [-0.05, 0) is 13.3 Å². The van der Waals surface area contributed by atoms with Crippen LogP contribution in [0.1, 0.15) is 24.9 Å². The number of rotatable bonds is 4. The van der Waals surface area contributed by atoms with Gasteiger partial charge in [-0.2, -0.15) is 0 Å². The number of nitrogens with one attached hydrogen (secondary N) is 1. The van der Waals surface area contributed by atoms with Gasteiger partial charge in [0.25, 0.3) is 0 Å². The molecule has 0 spiro atoms. The van der Waals surface area contributed by atoms with Crippen LogP contribution in [0, 0.1) is 6.92 Å². The van der Waals surface area contributed by atoms with Crippen LogP contribution in [0.3, 0.4) is 0 Å². The van der Waals surface area contributed by atoms with Crippen LogP contribution in [0.5, 0.6) is 0 Å². The van der Waals surface area contributed by atoms with E-state index in [2.05, 4.69) is 16.9 Å². The third-order valence-corrected chi connectivity index (χ3v) is 1.34. The van der Waals surface area contributed by atoms with Crippen LogP contribution in [-0.2, 0) is 11.3 Å². The zero-order valence-corrected chi connectivity index (χ0v) is 7.05. The van der Waals surface area contributed by atoms with Gasteiger partial charge >= 0.3 is 0 Å². The molecule has 0 bridgehead atoms. The lowest BCUT2D eigenvalue weighted by Gasteiger charge is -1.97. The minimum atomic E-state index is 0.599. The van der Waals surface area contributed by atoms with Crippen molar-refractivity contribution >= 4 is 0 Å². The van der Waals surface area contributed by atoms with E-state index in [1.165, 1.54) is 0 Å². The van der Waals surface area contributed by atoms with Gasteiger partial charge in [-0.25, -0.2) is 4.98 Å². The van der Waals surface area contributed by atoms with Gasteiger partial charge in [0.2, 0.25) is 0 Å². The molecule has 0 aromatic carbocycles. The van der Waals surface area contributed by atoms with Crippen LogP contribution >= 0.6 is 0 Å². The Morgan fingerprint density at radius 3 is 3.00 bits per heavy atom. The van der Waals surface area contributed by atoms with Crippen molar-refractivity contribution in [3.8, 4) is 0 Å². The Morgan fingerprint density at radius 2 is 2.45 bits per heavy atom. The Kier molecular flexibility index (Phi) is 3.11. The van der Waals surface area contributed by atoms with Crippen LogP contribution in [-0.4, -0.2) is 16.6 Å². The Bertz CT molecular complexity index is 208. The van der Waals surface area contributed by atoms with Crippen LogP contribution in [0.15, 0.2) is 6.20 Å². The molecule has 0 saturated carbocycles. The first kappa shape index (κ1) is 8.27. The van der Waals surface area contributed by atoms with Crippen molar-refractivity contribution in [3.05, 3.63) is 17.7 Å². The second kappa shape index (κ2) is 4.13. The molecule has 0 unspecified atom stereocenters. The summed E-state index contributed by atoms with van der Waals surface area (Å²) >= 11 is 0. The zero-order valence-electron chi connectivity index (χ0n) is 7.05. The predicted octanol–water partition coefficient (Wildman–Crippen LogP) is 1.64. The van der Waals surface area contributed by atoms with E-state index >= 15 is 0 Å². The smallest absolute Gasteiger partial charge is 0.132 e. The standard InChI is InChI=1S/C8H14N2O/c1-3-4-11-6-8-9-5-7(2)10-8/h5H,3-4,6H2,1-2H3,(H,9,10). The molecule has 0 aliphatic heterocycles. The van der Waals surface area contributed by atoms with Gasteiger partial charge in [0, 0.05) is 18.5 Å². The van der Waals surface area contributed by atoms with E-state index in [1.54, 1.807) is 0 Å². The summed E-state index contributed by atoms with van der Waals surface area (Å²) in [5.41, 5.74) is 1.08. The van der Waals surface area contributed by atoms with E-state index in [4.69, 9.17) is 4.74 Å². The summed E-state index contributed by atoms with van der Waals surface area (Å²) in [6.45, 7) is 5.48. The van der Waals surface area contributed by atoms with Crippen LogP contribution in [0.4, 0.5) is 0 Å². The minimum Gasteiger partial charge on any atom is -0.374 e. The third kappa shape index (κ3) is 2.72. The summed E-state index contributed by atoms with van der Waals surface area (Å²) in [5, 5.41) is 0. The van der Waals surface area contributed by atoms with Crippen LogP contribution < -0.4 is 0 Å². The molecule has 0 atom stereocenters. The number of H-pyrrole nitrogens is 1. The normalized spacial score (nSPS) is 10.4. The van der Waals surface area contributed by atoms with Crippen molar-refractivity contribution in [2.45, 2.75) is 26.9 Å². The highest BCUT2D eigenvalue weighted by atomic mass is 16.5. The van der Waals surface area contributed by atoms with Crippen molar-refractivity contribution < 1.29 is 4.74 Å². The van der Waals surface area contributed by atoms with Gasteiger partial charge in [0.1, 0.15) is 12.4 Å². The van der Waals surface area contributed by atoms with Gasteiger partial charge in [-0.15, -0.1) is 0 Å². The van der Waals surface area contributed by atoms with Gasteiger partial charge in [0.05, 0.1) is 0 Å². The molecule has 1 aromatic heterocycles. The quantitative estimate of drug-likeness (QED) is 0.669. The monoisotopic (exact) mass is 154 g/mol. The molecule has 11 heavy (non-hydrogen) atoms. The summed E-state index contributed by atoms with van der Waals surface area (Å²) in [5.74, 6) is 0.913. The highest BCUT2D eigenvalue weighted by Crippen LogP contribution is 1.96. The lowest BCUT2D eigenvalue weighted by Crippen LogP contribution is -1.95. The molecule has 0 saturated heterocycles. The number of hydrogen-bond donors (Lipinski definition) is 1. The number of hydrogen-bond acceptors (Lipinski definition) is 2. The van der Waals surface area contributed by atoms with Gasteiger partial charge in [-0.1, -0.05) is 6.92 Å². The van der Waals surface area contributed by atoms with Gasteiger partial charge in [-0.3, -0.25) is 0 Å². The van der Waals surface area contributed by atoms with Crippen molar-refractivity contribution in [1.29, 1.82) is 0 Å². The number of aryl methyl sites for hydroxylation is 1. The molecular weight excluding hydrogens is 140 g/mol. The van der Waals surface area contributed by atoms with E-state index in [0.717, 1.165) is 24.5 Å². The first-order valence-electron chi connectivity index (χ1n) is 3.91. The highest BCUT2D eigenvalue weighted by molar-refractivity contribution is 4.96. The fourth-order valence-corrected chi connectivity index (χ4v) is 0.853. The molecular formula is C8H14N2O. The Labute approximate surface area is 66.8 Å². The average Bonchev–Trinajstić information content (AvgIpc) is 2.37. The minimum absolute atomic E-state index is 0.599. The summed E-state index contributed by atoms with van der Waals surface area (Å²) in [6, 6.07) is 0. The molecule has 3 heteroatoms. The second-order valence-corrected chi connectivity index (χ2v) is 2.57. The molecule has 0 aliphatic carbocycles. The molecule has 0 aliphatic rings. The summed E-state index contributed by atoms with van der Waals surface area (Å²) in [6.07, 6.45) is 2.87. The molecule has 62 valence electrons. The fraction of sp³-hybridized carbons (Fsp3) is 0.625. The number of aromatic nitrogens is 2. The van der Waals surface area contributed by atoms with Crippen LogP contribution in [0.25, 0.3) is 0 Å². The fourth-order valence-electron chi connectivity index (χ4n) is 0.853. The second-order valence-electron chi connectivity index (χ2n) is 2.57. The number of ether oxygens (including phenoxy) is 1. The van der Waals surface area contributed by atoms with E-state index < -0.39 is 0 Å². The molecule has 0 fully saturated rings. The Morgan fingerprint density at radius 1 is 1.64 bits per heavy atom. The highest BCUT2D eigenvalue weighted by Gasteiger charge is 1.95.